The Morgan fingerprint density at radius 1 is 0.464 bits per heavy atom. The molecular weight excluding hydrogens is 340 g/mol. The normalized spacial score (nSPS) is 11.5. The lowest BCUT2D eigenvalue weighted by atomic mass is 10.1. The highest BCUT2D eigenvalue weighted by molar-refractivity contribution is 5.73. The van der Waals surface area contributed by atoms with Crippen LogP contribution in [0.1, 0.15) is 33.4 Å². The smallest absolute Gasteiger partial charge is 0.0202 e. The minimum absolute atomic E-state index is 0.902. The lowest BCUT2D eigenvalue weighted by molar-refractivity contribution is 0.818. The first-order chi connectivity index (χ1) is 13.8. The third-order valence-corrected chi connectivity index (χ3v) is 4.59. The first-order valence-corrected chi connectivity index (χ1v) is 9.70. The predicted molar refractivity (Wildman–Crippen MR) is 123 cm³/mol. The van der Waals surface area contributed by atoms with E-state index in [1.807, 2.05) is 14.1 Å². The summed E-state index contributed by atoms with van der Waals surface area (Å²) >= 11 is 0. The molecule has 0 radical (unpaired) electrons. The summed E-state index contributed by atoms with van der Waals surface area (Å²) in [4.78, 5) is 0. The van der Waals surface area contributed by atoms with Crippen LogP contribution in [0, 0.1) is 0 Å². The van der Waals surface area contributed by atoms with Gasteiger partial charge in [0.25, 0.3) is 0 Å². The Morgan fingerprint density at radius 3 is 0.964 bits per heavy atom. The van der Waals surface area contributed by atoms with E-state index < -0.39 is 0 Å². The van der Waals surface area contributed by atoms with Crippen molar-refractivity contribution in [2.75, 3.05) is 14.1 Å². The maximum atomic E-state index is 3.17. The van der Waals surface area contributed by atoms with E-state index in [-0.39, 0.29) is 0 Å². The number of nitrogens with one attached hydrogen (secondary N) is 2. The van der Waals surface area contributed by atoms with Crippen molar-refractivity contribution in [3.05, 3.63) is 106 Å². The van der Waals surface area contributed by atoms with E-state index >= 15 is 0 Å². The highest BCUT2D eigenvalue weighted by Gasteiger charge is 1.94. The summed E-state index contributed by atoms with van der Waals surface area (Å²) in [5.41, 5.74) is 7.43. The second kappa shape index (κ2) is 10.4. The molecule has 3 rings (SSSR count). The highest BCUT2D eigenvalue weighted by atomic mass is 14.8. The maximum Gasteiger partial charge on any atom is 0.0202 e. The van der Waals surface area contributed by atoms with Gasteiger partial charge in [0.1, 0.15) is 0 Å². The quantitative estimate of drug-likeness (QED) is 0.516. The van der Waals surface area contributed by atoms with Crippen LogP contribution in [0.3, 0.4) is 0 Å². The van der Waals surface area contributed by atoms with Crippen LogP contribution in [-0.2, 0) is 13.1 Å². The van der Waals surface area contributed by atoms with Crippen molar-refractivity contribution in [1.82, 2.24) is 10.6 Å². The molecule has 142 valence electrons. The third-order valence-electron chi connectivity index (χ3n) is 4.59. The van der Waals surface area contributed by atoms with Crippen LogP contribution in [0.15, 0.2) is 72.8 Å². The van der Waals surface area contributed by atoms with Gasteiger partial charge in [-0.25, -0.2) is 0 Å². The molecule has 0 aliphatic carbocycles. The number of rotatable bonds is 8. The van der Waals surface area contributed by atoms with Gasteiger partial charge in [-0.3, -0.25) is 0 Å². The van der Waals surface area contributed by atoms with Crippen molar-refractivity contribution < 1.29 is 0 Å². The van der Waals surface area contributed by atoms with Gasteiger partial charge in [-0.2, -0.15) is 0 Å². The predicted octanol–water partition coefficient (Wildman–Crippen LogP) is 5.47. The van der Waals surface area contributed by atoms with Gasteiger partial charge in [-0.1, -0.05) is 97.1 Å². The van der Waals surface area contributed by atoms with Crippen molar-refractivity contribution in [2.45, 2.75) is 13.1 Å². The van der Waals surface area contributed by atoms with E-state index in [0.717, 1.165) is 13.1 Å². The minimum Gasteiger partial charge on any atom is -0.316 e. The Kier molecular flexibility index (Phi) is 7.36. The fourth-order valence-corrected chi connectivity index (χ4v) is 3.00. The highest BCUT2D eigenvalue weighted by Crippen LogP contribution is 2.14. The average Bonchev–Trinajstić information content (AvgIpc) is 2.74. The SMILES string of the molecule is CNCc1ccc(/C=C/c2ccc(/C=C/c3ccc(CNC)cc3)cc2)cc1. The van der Waals surface area contributed by atoms with Gasteiger partial charge in [0.2, 0.25) is 0 Å². The van der Waals surface area contributed by atoms with Gasteiger partial charge >= 0.3 is 0 Å². The molecule has 2 heteroatoms. The molecule has 3 aromatic carbocycles. The maximum absolute atomic E-state index is 3.17. The Balaban J connectivity index is 1.59. The van der Waals surface area contributed by atoms with Crippen LogP contribution in [-0.4, -0.2) is 14.1 Å². The molecule has 0 amide bonds. The first-order valence-electron chi connectivity index (χ1n) is 9.70. The van der Waals surface area contributed by atoms with E-state index in [1.165, 1.54) is 33.4 Å². The Hall–Kier alpha value is -2.94. The molecule has 0 atom stereocenters. The topological polar surface area (TPSA) is 24.1 Å². The summed E-state index contributed by atoms with van der Waals surface area (Å²) in [7, 11) is 3.93. The van der Waals surface area contributed by atoms with Crippen molar-refractivity contribution >= 4 is 24.3 Å². The molecule has 3 aromatic rings. The molecule has 0 aliphatic heterocycles. The summed E-state index contributed by atoms with van der Waals surface area (Å²) in [6.07, 6.45) is 8.61. The summed E-state index contributed by atoms with van der Waals surface area (Å²) in [5.74, 6) is 0. The number of hydrogen-bond acceptors (Lipinski definition) is 2. The van der Waals surface area contributed by atoms with E-state index in [0.29, 0.717) is 0 Å². The summed E-state index contributed by atoms with van der Waals surface area (Å²) < 4.78 is 0. The Morgan fingerprint density at radius 2 is 0.714 bits per heavy atom. The van der Waals surface area contributed by atoms with Gasteiger partial charge in [0.15, 0.2) is 0 Å². The average molecular weight is 369 g/mol. The molecule has 0 saturated heterocycles. The van der Waals surface area contributed by atoms with Crippen molar-refractivity contribution in [1.29, 1.82) is 0 Å². The molecule has 0 saturated carbocycles. The van der Waals surface area contributed by atoms with Crippen LogP contribution >= 0.6 is 0 Å². The minimum atomic E-state index is 0.902. The fraction of sp³-hybridized carbons (Fsp3) is 0.154. The Bertz CT molecular complexity index is 824. The van der Waals surface area contributed by atoms with E-state index in [4.69, 9.17) is 0 Å². The van der Waals surface area contributed by atoms with Crippen LogP contribution in [0.5, 0.6) is 0 Å². The number of benzene rings is 3. The zero-order chi connectivity index (χ0) is 19.6. The molecular formula is C26H28N2. The standard InChI is InChI=1S/C26H28N2/c1-27-19-25-15-11-23(12-16-25)9-7-21-3-5-22(6-4-21)8-10-24-13-17-26(18-14-24)20-28-2/h3-18,27-28H,19-20H2,1-2H3/b9-7+,10-8+. The fourth-order valence-electron chi connectivity index (χ4n) is 3.00. The second-order valence-corrected chi connectivity index (χ2v) is 6.88. The zero-order valence-electron chi connectivity index (χ0n) is 16.7. The van der Waals surface area contributed by atoms with Crippen LogP contribution in [0.4, 0.5) is 0 Å². The molecule has 0 spiro atoms. The second-order valence-electron chi connectivity index (χ2n) is 6.88. The van der Waals surface area contributed by atoms with Gasteiger partial charge in [0.05, 0.1) is 0 Å². The molecule has 0 heterocycles. The monoisotopic (exact) mass is 368 g/mol. The zero-order valence-corrected chi connectivity index (χ0v) is 16.7. The van der Waals surface area contributed by atoms with E-state index in [9.17, 15) is 0 Å². The summed E-state index contributed by atoms with van der Waals surface area (Å²) in [6.45, 7) is 1.80. The Labute approximate surface area is 168 Å². The molecule has 0 unspecified atom stereocenters. The molecule has 0 aromatic heterocycles. The van der Waals surface area contributed by atoms with Crippen molar-refractivity contribution in [2.24, 2.45) is 0 Å². The van der Waals surface area contributed by atoms with E-state index in [2.05, 4.69) is 108 Å². The molecule has 0 aliphatic rings. The van der Waals surface area contributed by atoms with Gasteiger partial charge in [0, 0.05) is 13.1 Å². The first kappa shape index (κ1) is 19.8. The van der Waals surface area contributed by atoms with Crippen LogP contribution in [0.2, 0.25) is 0 Å². The van der Waals surface area contributed by atoms with Gasteiger partial charge < -0.3 is 10.6 Å². The van der Waals surface area contributed by atoms with E-state index in [1.54, 1.807) is 0 Å². The van der Waals surface area contributed by atoms with Crippen molar-refractivity contribution in [3.8, 4) is 0 Å². The molecule has 2 nitrogen and oxygen atoms in total. The third kappa shape index (κ3) is 6.05. The molecule has 0 fully saturated rings. The van der Waals surface area contributed by atoms with Crippen molar-refractivity contribution in [3.63, 3.8) is 0 Å². The van der Waals surface area contributed by atoms with Crippen LogP contribution in [0.25, 0.3) is 24.3 Å². The summed E-state index contributed by atoms with van der Waals surface area (Å²) in [5, 5.41) is 6.34. The molecule has 2 N–H and O–H groups in total. The largest absolute Gasteiger partial charge is 0.316 e. The number of hydrogen-bond donors (Lipinski definition) is 2. The molecule has 28 heavy (non-hydrogen) atoms. The molecule has 0 bridgehead atoms. The summed E-state index contributed by atoms with van der Waals surface area (Å²) in [6, 6.07) is 25.9. The van der Waals surface area contributed by atoms with Gasteiger partial charge in [-0.05, 0) is 47.5 Å². The van der Waals surface area contributed by atoms with Gasteiger partial charge in [-0.15, -0.1) is 0 Å². The lowest BCUT2D eigenvalue weighted by Crippen LogP contribution is -2.04. The van der Waals surface area contributed by atoms with Crippen LogP contribution < -0.4 is 10.6 Å². The lowest BCUT2D eigenvalue weighted by Gasteiger charge is -2.01.